The van der Waals surface area contributed by atoms with E-state index >= 15 is 0 Å². The van der Waals surface area contributed by atoms with Gasteiger partial charge in [-0.25, -0.2) is 9.97 Å². The minimum atomic E-state index is -0.124. The Balaban J connectivity index is 1.06. The third kappa shape index (κ3) is 5.38. The van der Waals surface area contributed by atoms with E-state index in [1.807, 2.05) is 18.2 Å². The molecule has 0 fully saturated rings. The lowest BCUT2D eigenvalue weighted by Crippen LogP contribution is -2.15. The fourth-order valence-electron chi connectivity index (χ4n) is 8.03. The van der Waals surface area contributed by atoms with Gasteiger partial charge in [0.25, 0.3) is 0 Å². The largest absolute Gasteiger partial charge is 0.450 e. The maximum absolute atomic E-state index is 6.65. The Hall–Kier alpha value is -6.78. The summed E-state index contributed by atoms with van der Waals surface area (Å²) in [5.41, 5.74) is 15.1. The Bertz CT molecular complexity index is 2770. The molecule has 2 heterocycles. The van der Waals surface area contributed by atoms with E-state index in [0.717, 1.165) is 61.8 Å². The smallest absolute Gasteiger partial charge is 0.170 e. The number of hydrogen-bond donors (Lipinski definition) is 0. The van der Waals surface area contributed by atoms with E-state index in [1.165, 1.54) is 27.8 Å². The lowest BCUT2D eigenvalue weighted by atomic mass is 9.82. The van der Waals surface area contributed by atoms with Gasteiger partial charge in [-0.15, -0.1) is 0 Å². The maximum atomic E-state index is 6.65. The van der Waals surface area contributed by atoms with Crippen LogP contribution in [-0.4, -0.2) is 9.97 Å². The van der Waals surface area contributed by atoms with Crippen LogP contribution in [0.2, 0.25) is 0 Å². The summed E-state index contributed by atoms with van der Waals surface area (Å²) in [7, 11) is 0. The molecule has 0 saturated carbocycles. The van der Waals surface area contributed by atoms with E-state index in [-0.39, 0.29) is 5.41 Å². The number of rotatable bonds is 5. The molecule has 0 unspecified atom stereocenters. The van der Waals surface area contributed by atoms with Crippen molar-refractivity contribution in [3.05, 3.63) is 180 Å². The van der Waals surface area contributed by atoms with Crippen LogP contribution >= 0.6 is 0 Å². The number of benzene rings is 7. The van der Waals surface area contributed by atoms with Crippen LogP contribution in [0.15, 0.2) is 164 Å². The van der Waals surface area contributed by atoms with Crippen molar-refractivity contribution in [2.45, 2.75) is 26.2 Å². The van der Waals surface area contributed by atoms with E-state index in [4.69, 9.17) is 19.4 Å². The molecule has 10 rings (SSSR count). The summed E-state index contributed by atoms with van der Waals surface area (Å²) in [6.45, 7) is 6.66. The van der Waals surface area contributed by atoms with E-state index in [0.29, 0.717) is 17.3 Å². The van der Waals surface area contributed by atoms with Crippen LogP contribution in [0.25, 0.3) is 67.3 Å². The van der Waals surface area contributed by atoms with Crippen molar-refractivity contribution in [1.82, 2.24) is 9.97 Å². The lowest BCUT2D eigenvalue weighted by Gasteiger charge is -2.25. The van der Waals surface area contributed by atoms with Gasteiger partial charge in [-0.3, -0.25) is 0 Å². The Morgan fingerprint density at radius 1 is 0.389 bits per heavy atom. The monoisotopic (exact) mass is 696 g/mol. The molecule has 4 heteroatoms. The molecule has 8 aromatic rings. The van der Waals surface area contributed by atoms with Crippen molar-refractivity contribution in [1.29, 1.82) is 0 Å². The Kier molecular flexibility index (Phi) is 7.34. The molecule has 0 radical (unpaired) electrons. The minimum Gasteiger partial charge on any atom is -0.450 e. The summed E-state index contributed by atoms with van der Waals surface area (Å²) in [5, 5.41) is 0. The Morgan fingerprint density at radius 3 is 1.80 bits per heavy atom. The van der Waals surface area contributed by atoms with E-state index < -0.39 is 0 Å². The zero-order valence-electron chi connectivity index (χ0n) is 30.3. The molecule has 1 aliphatic carbocycles. The number of nitrogens with zero attached hydrogens (tertiary/aromatic N) is 2. The van der Waals surface area contributed by atoms with Crippen LogP contribution in [-0.2, 0) is 5.41 Å². The molecule has 54 heavy (non-hydrogen) atoms. The van der Waals surface area contributed by atoms with Crippen molar-refractivity contribution in [2.24, 2.45) is 0 Å². The van der Waals surface area contributed by atoms with Gasteiger partial charge in [-0.05, 0) is 93.9 Å². The van der Waals surface area contributed by atoms with Crippen molar-refractivity contribution < 1.29 is 9.47 Å². The topological polar surface area (TPSA) is 44.2 Å². The van der Waals surface area contributed by atoms with Crippen LogP contribution in [0.4, 0.5) is 0 Å². The average molecular weight is 697 g/mol. The second kappa shape index (κ2) is 12.4. The number of ether oxygens (including phenoxy) is 2. The van der Waals surface area contributed by atoms with E-state index in [9.17, 15) is 0 Å². The fourth-order valence-corrected chi connectivity index (χ4v) is 8.03. The van der Waals surface area contributed by atoms with Gasteiger partial charge < -0.3 is 9.47 Å². The SMILES string of the molecule is Cc1cccc(-c2cc(-c3cccc(-c4ccccc4)c3)nc(-c3ccccc3-c3ccc4c(c3)Oc3cc5c(cc3O4)C(C)(C)c3ccccc3-5)n2)c1. The van der Waals surface area contributed by atoms with Gasteiger partial charge in [-0.2, -0.15) is 0 Å². The van der Waals surface area contributed by atoms with Crippen LogP contribution in [0.1, 0.15) is 30.5 Å². The second-order valence-corrected chi connectivity index (χ2v) is 14.7. The second-order valence-electron chi connectivity index (χ2n) is 14.7. The molecule has 0 spiro atoms. The van der Waals surface area contributed by atoms with Crippen molar-refractivity contribution in [3.63, 3.8) is 0 Å². The van der Waals surface area contributed by atoms with Gasteiger partial charge in [0, 0.05) is 22.1 Å². The highest BCUT2D eigenvalue weighted by Crippen LogP contribution is 2.55. The third-order valence-corrected chi connectivity index (χ3v) is 10.8. The van der Waals surface area contributed by atoms with Gasteiger partial charge in [-0.1, -0.05) is 141 Å². The molecule has 4 nitrogen and oxygen atoms in total. The van der Waals surface area contributed by atoms with Gasteiger partial charge in [0.15, 0.2) is 28.8 Å². The summed E-state index contributed by atoms with van der Waals surface area (Å²) in [5.74, 6) is 3.47. The average Bonchev–Trinajstić information content (AvgIpc) is 3.44. The first-order chi connectivity index (χ1) is 26.4. The highest BCUT2D eigenvalue weighted by atomic mass is 16.6. The van der Waals surface area contributed by atoms with Crippen molar-refractivity contribution in [3.8, 4) is 90.3 Å². The number of aryl methyl sites for hydroxylation is 1. The summed E-state index contributed by atoms with van der Waals surface area (Å²) >= 11 is 0. The van der Waals surface area contributed by atoms with E-state index in [2.05, 4.69) is 166 Å². The summed E-state index contributed by atoms with van der Waals surface area (Å²) in [4.78, 5) is 10.5. The molecule has 0 amide bonds. The Morgan fingerprint density at radius 2 is 1.00 bits per heavy atom. The first kappa shape index (κ1) is 31.9. The van der Waals surface area contributed by atoms with Gasteiger partial charge in [0.1, 0.15) is 0 Å². The first-order valence-corrected chi connectivity index (χ1v) is 18.4. The number of aromatic nitrogens is 2. The van der Waals surface area contributed by atoms with Gasteiger partial charge >= 0.3 is 0 Å². The molecular weight excluding hydrogens is 661 g/mol. The highest BCUT2D eigenvalue weighted by Gasteiger charge is 2.37. The van der Waals surface area contributed by atoms with Crippen molar-refractivity contribution in [2.75, 3.05) is 0 Å². The molecule has 0 N–H and O–H groups in total. The quantitative estimate of drug-likeness (QED) is 0.180. The molecule has 0 atom stereocenters. The zero-order chi connectivity index (χ0) is 36.4. The molecule has 1 aromatic heterocycles. The predicted octanol–water partition coefficient (Wildman–Crippen LogP) is 13.3. The number of fused-ring (bicyclic) bond motifs is 5. The molecule has 0 bridgehead atoms. The van der Waals surface area contributed by atoms with Gasteiger partial charge in [0.05, 0.1) is 11.4 Å². The highest BCUT2D eigenvalue weighted by molar-refractivity contribution is 5.86. The van der Waals surface area contributed by atoms with Crippen LogP contribution < -0.4 is 9.47 Å². The standard InChI is InChI=1S/C50H36N2O2/c1-31-13-11-17-35(25-31)43-30-44(36-18-12-16-33(26-36)32-14-5-4-6-15-32)52-49(51-43)39-21-8-7-19-37(39)34-23-24-45-46(27-34)54-47-28-40-38-20-9-10-22-41(38)50(2,3)42(40)29-48(47)53-45/h4-30H,1-3H3. The molecule has 7 aromatic carbocycles. The minimum absolute atomic E-state index is 0.124. The molecular formula is C50H36N2O2. The fraction of sp³-hybridized carbons (Fsp3) is 0.0800. The van der Waals surface area contributed by atoms with Crippen LogP contribution in [0.5, 0.6) is 23.0 Å². The predicted molar refractivity (Wildman–Crippen MR) is 218 cm³/mol. The maximum Gasteiger partial charge on any atom is 0.170 e. The summed E-state index contributed by atoms with van der Waals surface area (Å²) in [6.07, 6.45) is 0. The first-order valence-electron chi connectivity index (χ1n) is 18.4. The number of hydrogen-bond acceptors (Lipinski definition) is 4. The Labute approximate surface area is 315 Å². The van der Waals surface area contributed by atoms with E-state index in [1.54, 1.807) is 0 Å². The summed E-state index contributed by atoms with van der Waals surface area (Å²) in [6, 6.07) is 57.0. The van der Waals surface area contributed by atoms with Crippen LogP contribution in [0, 0.1) is 6.92 Å². The zero-order valence-corrected chi connectivity index (χ0v) is 30.3. The molecule has 258 valence electrons. The lowest BCUT2D eigenvalue weighted by molar-refractivity contribution is 0.359. The van der Waals surface area contributed by atoms with Gasteiger partial charge in [0.2, 0.25) is 0 Å². The normalized spacial score (nSPS) is 13.2. The molecule has 1 aliphatic heterocycles. The third-order valence-electron chi connectivity index (χ3n) is 10.8. The van der Waals surface area contributed by atoms with Crippen LogP contribution in [0.3, 0.4) is 0 Å². The summed E-state index contributed by atoms with van der Waals surface area (Å²) < 4.78 is 13.2. The van der Waals surface area contributed by atoms with Crippen molar-refractivity contribution >= 4 is 0 Å². The molecule has 0 saturated heterocycles. The molecule has 2 aliphatic rings.